The van der Waals surface area contributed by atoms with E-state index in [1.807, 2.05) is 28.7 Å². The van der Waals surface area contributed by atoms with Crippen LogP contribution in [0, 0.1) is 0 Å². The normalized spacial score (nSPS) is 11.5. The summed E-state index contributed by atoms with van der Waals surface area (Å²) in [7, 11) is 1.79. The third-order valence-corrected chi connectivity index (χ3v) is 3.79. The number of nitrogens with zero attached hydrogens (tertiary/aromatic N) is 3. The van der Waals surface area contributed by atoms with Gasteiger partial charge in [0, 0.05) is 38.3 Å². The summed E-state index contributed by atoms with van der Waals surface area (Å²) in [5.74, 6) is 1.91. The van der Waals surface area contributed by atoms with E-state index in [0.29, 0.717) is 0 Å². The van der Waals surface area contributed by atoms with Crippen molar-refractivity contribution in [2.45, 2.75) is 13.1 Å². The van der Waals surface area contributed by atoms with Crippen LogP contribution in [0.3, 0.4) is 0 Å². The van der Waals surface area contributed by atoms with E-state index in [1.54, 1.807) is 13.2 Å². The molecule has 0 aliphatic rings. The van der Waals surface area contributed by atoms with Gasteiger partial charge in [0.2, 0.25) is 0 Å². The zero-order chi connectivity index (χ0) is 15.6. The summed E-state index contributed by atoms with van der Waals surface area (Å²) in [5.41, 5.74) is 2.48. The van der Waals surface area contributed by atoms with Gasteiger partial charge < -0.3 is 10.6 Å². The topological polar surface area (TPSA) is 54.2 Å². The van der Waals surface area contributed by atoms with Crippen LogP contribution >= 0.6 is 11.8 Å². The highest BCUT2D eigenvalue weighted by molar-refractivity contribution is 7.98. The standard InChI is InChI=1S/C16H23N5S/c1-17-16(18-8-10-22-2)19-12-14-5-3-6-15(11-14)13-21-9-4-7-20-21/h3-7,9,11H,8,10,12-13H2,1-2H3,(H2,17,18,19). The molecule has 0 unspecified atom stereocenters. The van der Waals surface area contributed by atoms with E-state index in [9.17, 15) is 0 Å². The molecule has 0 fully saturated rings. The summed E-state index contributed by atoms with van der Waals surface area (Å²) in [6, 6.07) is 10.5. The predicted molar refractivity (Wildman–Crippen MR) is 94.4 cm³/mol. The maximum absolute atomic E-state index is 4.24. The molecular weight excluding hydrogens is 294 g/mol. The molecule has 22 heavy (non-hydrogen) atoms. The van der Waals surface area contributed by atoms with E-state index in [-0.39, 0.29) is 0 Å². The van der Waals surface area contributed by atoms with Crippen LogP contribution in [0.25, 0.3) is 0 Å². The van der Waals surface area contributed by atoms with Crippen LogP contribution in [0.1, 0.15) is 11.1 Å². The lowest BCUT2D eigenvalue weighted by atomic mass is 10.1. The molecular formula is C16H23N5S. The Balaban J connectivity index is 1.87. The van der Waals surface area contributed by atoms with Crippen molar-refractivity contribution in [1.82, 2.24) is 20.4 Å². The Bertz CT molecular complexity index is 580. The van der Waals surface area contributed by atoms with Crippen molar-refractivity contribution in [3.8, 4) is 0 Å². The highest BCUT2D eigenvalue weighted by Crippen LogP contribution is 2.07. The quantitative estimate of drug-likeness (QED) is 0.466. The molecule has 2 rings (SSSR count). The molecule has 6 heteroatoms. The van der Waals surface area contributed by atoms with Gasteiger partial charge in [0.05, 0.1) is 6.54 Å². The van der Waals surface area contributed by atoms with Gasteiger partial charge in [-0.3, -0.25) is 9.67 Å². The number of aromatic nitrogens is 2. The second-order valence-electron chi connectivity index (χ2n) is 4.87. The number of hydrogen-bond donors (Lipinski definition) is 2. The first-order chi connectivity index (χ1) is 10.8. The van der Waals surface area contributed by atoms with Crippen molar-refractivity contribution in [1.29, 1.82) is 0 Å². The first kappa shape index (κ1) is 16.4. The average molecular weight is 317 g/mol. The minimum absolute atomic E-state index is 0.756. The van der Waals surface area contributed by atoms with Gasteiger partial charge in [-0.05, 0) is 23.4 Å². The first-order valence-corrected chi connectivity index (χ1v) is 8.70. The van der Waals surface area contributed by atoms with Crippen LogP contribution in [-0.2, 0) is 13.1 Å². The zero-order valence-electron chi connectivity index (χ0n) is 13.1. The number of rotatable bonds is 7. The lowest BCUT2D eigenvalue weighted by Crippen LogP contribution is -2.37. The number of aliphatic imine (C=N–C) groups is 1. The molecule has 0 amide bonds. The van der Waals surface area contributed by atoms with E-state index in [4.69, 9.17) is 0 Å². The summed E-state index contributed by atoms with van der Waals surface area (Å²) in [4.78, 5) is 4.23. The van der Waals surface area contributed by atoms with Gasteiger partial charge in [-0.2, -0.15) is 16.9 Å². The lowest BCUT2D eigenvalue weighted by molar-refractivity contribution is 0.685. The van der Waals surface area contributed by atoms with Gasteiger partial charge in [0.25, 0.3) is 0 Å². The summed E-state index contributed by atoms with van der Waals surface area (Å²) >= 11 is 1.82. The number of guanidine groups is 1. The molecule has 2 aromatic rings. The summed E-state index contributed by atoms with van der Waals surface area (Å²) in [5, 5.41) is 10.9. The molecule has 0 atom stereocenters. The van der Waals surface area contributed by atoms with Crippen molar-refractivity contribution in [2.75, 3.05) is 25.6 Å². The smallest absolute Gasteiger partial charge is 0.191 e. The van der Waals surface area contributed by atoms with Crippen LogP contribution in [0.5, 0.6) is 0 Å². The maximum Gasteiger partial charge on any atom is 0.191 e. The minimum atomic E-state index is 0.756. The number of hydrogen-bond acceptors (Lipinski definition) is 3. The van der Waals surface area contributed by atoms with E-state index < -0.39 is 0 Å². The molecule has 1 heterocycles. The largest absolute Gasteiger partial charge is 0.356 e. The van der Waals surface area contributed by atoms with Gasteiger partial charge in [-0.15, -0.1) is 0 Å². The van der Waals surface area contributed by atoms with E-state index >= 15 is 0 Å². The summed E-state index contributed by atoms with van der Waals surface area (Å²) in [6.07, 6.45) is 5.88. The maximum atomic E-state index is 4.24. The molecule has 0 radical (unpaired) electrons. The third kappa shape index (κ3) is 5.44. The average Bonchev–Trinajstić information content (AvgIpc) is 3.04. The second-order valence-corrected chi connectivity index (χ2v) is 5.85. The van der Waals surface area contributed by atoms with Gasteiger partial charge in [0.1, 0.15) is 0 Å². The molecule has 1 aromatic carbocycles. The Morgan fingerprint density at radius 1 is 1.27 bits per heavy atom. The molecule has 0 saturated carbocycles. The molecule has 118 valence electrons. The number of nitrogens with one attached hydrogen (secondary N) is 2. The minimum Gasteiger partial charge on any atom is -0.356 e. The molecule has 0 spiro atoms. The fraction of sp³-hybridized carbons (Fsp3) is 0.375. The van der Waals surface area contributed by atoms with Crippen LogP contribution in [-0.4, -0.2) is 41.3 Å². The Morgan fingerprint density at radius 3 is 2.86 bits per heavy atom. The number of thioether (sulfide) groups is 1. The molecule has 5 nitrogen and oxygen atoms in total. The Morgan fingerprint density at radius 2 is 2.14 bits per heavy atom. The molecule has 0 aliphatic heterocycles. The summed E-state index contributed by atoms with van der Waals surface area (Å²) in [6.45, 7) is 2.47. The fourth-order valence-corrected chi connectivity index (χ4v) is 2.40. The van der Waals surface area contributed by atoms with Crippen molar-refractivity contribution in [3.63, 3.8) is 0 Å². The first-order valence-electron chi connectivity index (χ1n) is 7.30. The molecule has 2 N–H and O–H groups in total. The van der Waals surface area contributed by atoms with Gasteiger partial charge >= 0.3 is 0 Å². The van der Waals surface area contributed by atoms with Crippen molar-refractivity contribution in [2.24, 2.45) is 4.99 Å². The van der Waals surface area contributed by atoms with Crippen LogP contribution in [0.2, 0.25) is 0 Å². The zero-order valence-corrected chi connectivity index (χ0v) is 13.9. The SMILES string of the molecule is CN=C(NCCSC)NCc1cccc(Cn2cccn2)c1. The van der Waals surface area contributed by atoms with Crippen LogP contribution < -0.4 is 10.6 Å². The van der Waals surface area contributed by atoms with Gasteiger partial charge in [-0.25, -0.2) is 0 Å². The lowest BCUT2D eigenvalue weighted by Gasteiger charge is -2.12. The van der Waals surface area contributed by atoms with E-state index in [0.717, 1.165) is 31.3 Å². The fourth-order valence-electron chi connectivity index (χ4n) is 2.10. The predicted octanol–water partition coefficient (Wildman–Crippen LogP) is 1.96. The Labute approximate surface area is 136 Å². The van der Waals surface area contributed by atoms with Crippen LogP contribution in [0.4, 0.5) is 0 Å². The van der Waals surface area contributed by atoms with Crippen LogP contribution in [0.15, 0.2) is 47.7 Å². The molecule has 1 aromatic heterocycles. The number of benzene rings is 1. The highest BCUT2D eigenvalue weighted by Gasteiger charge is 2.00. The van der Waals surface area contributed by atoms with E-state index in [1.165, 1.54) is 11.1 Å². The summed E-state index contributed by atoms with van der Waals surface area (Å²) < 4.78 is 1.93. The monoisotopic (exact) mass is 317 g/mol. The van der Waals surface area contributed by atoms with Crippen molar-refractivity contribution >= 4 is 17.7 Å². The second kappa shape index (κ2) is 9.15. The van der Waals surface area contributed by atoms with Gasteiger partial charge in [0.15, 0.2) is 5.96 Å². The highest BCUT2D eigenvalue weighted by atomic mass is 32.2. The van der Waals surface area contributed by atoms with Crippen molar-refractivity contribution < 1.29 is 0 Å². The molecule has 0 bridgehead atoms. The van der Waals surface area contributed by atoms with Gasteiger partial charge in [-0.1, -0.05) is 24.3 Å². The Kier molecular flexibility index (Phi) is 6.83. The Hall–Kier alpha value is -1.95. The third-order valence-electron chi connectivity index (χ3n) is 3.18. The van der Waals surface area contributed by atoms with Crippen molar-refractivity contribution in [3.05, 3.63) is 53.9 Å². The molecule has 0 saturated heterocycles. The molecule has 0 aliphatic carbocycles. The van der Waals surface area contributed by atoms with E-state index in [2.05, 4.69) is 51.2 Å².